The topological polar surface area (TPSA) is 40.5 Å². The van der Waals surface area contributed by atoms with Crippen LogP contribution in [0.4, 0.5) is 18.9 Å². The van der Waals surface area contributed by atoms with Crippen molar-refractivity contribution < 1.29 is 23.1 Å². The molecule has 0 aliphatic rings. The van der Waals surface area contributed by atoms with Crippen LogP contribution < -0.4 is 4.90 Å². The van der Waals surface area contributed by atoms with Gasteiger partial charge in [0, 0.05) is 17.2 Å². The fourth-order valence-corrected chi connectivity index (χ4v) is 1.81. The molecule has 17 heavy (non-hydrogen) atoms. The smallest absolute Gasteiger partial charge is 0.405 e. The zero-order chi connectivity index (χ0) is 13.2. The van der Waals surface area contributed by atoms with Gasteiger partial charge in [-0.15, -0.1) is 0 Å². The summed E-state index contributed by atoms with van der Waals surface area (Å²) in [5.74, 6) is -1.14. The van der Waals surface area contributed by atoms with Crippen LogP contribution in [0.5, 0.6) is 0 Å². The highest BCUT2D eigenvalue weighted by Gasteiger charge is 2.29. The van der Waals surface area contributed by atoms with Gasteiger partial charge < -0.3 is 10.0 Å². The van der Waals surface area contributed by atoms with Gasteiger partial charge in [-0.3, -0.25) is 0 Å². The maximum absolute atomic E-state index is 12.2. The molecule has 0 saturated heterocycles. The van der Waals surface area contributed by atoms with E-state index in [9.17, 15) is 18.0 Å². The summed E-state index contributed by atoms with van der Waals surface area (Å²) >= 11 is 3.01. The number of halogens is 4. The molecule has 0 spiro atoms. The lowest BCUT2D eigenvalue weighted by molar-refractivity contribution is -0.119. The van der Waals surface area contributed by atoms with E-state index in [1.54, 1.807) is 0 Å². The van der Waals surface area contributed by atoms with Crippen LogP contribution in [0.2, 0.25) is 0 Å². The largest absolute Gasteiger partial charge is 0.478 e. The molecule has 1 rings (SSSR count). The van der Waals surface area contributed by atoms with E-state index in [1.165, 1.54) is 25.2 Å². The third kappa shape index (κ3) is 3.92. The van der Waals surface area contributed by atoms with Gasteiger partial charge in [0.15, 0.2) is 0 Å². The second-order valence-electron chi connectivity index (χ2n) is 3.44. The molecule has 0 fully saturated rings. The molecule has 1 N–H and O–H groups in total. The zero-order valence-corrected chi connectivity index (χ0v) is 10.3. The Labute approximate surface area is 104 Å². The molecule has 1 aromatic rings. The number of hydrogen-bond acceptors (Lipinski definition) is 2. The first-order valence-corrected chi connectivity index (χ1v) is 5.31. The number of aromatic carboxylic acids is 1. The molecule has 94 valence electrons. The molecule has 0 atom stereocenters. The summed E-state index contributed by atoms with van der Waals surface area (Å²) in [6, 6.07) is 3.93. The molecule has 0 bridgehead atoms. The summed E-state index contributed by atoms with van der Waals surface area (Å²) < 4.78 is 36.7. The van der Waals surface area contributed by atoms with Gasteiger partial charge in [0.05, 0.1) is 5.56 Å². The second-order valence-corrected chi connectivity index (χ2v) is 4.29. The molecule has 0 saturated carbocycles. The van der Waals surface area contributed by atoms with Crippen LogP contribution in [-0.2, 0) is 0 Å². The highest BCUT2D eigenvalue weighted by Crippen LogP contribution is 2.26. The molecule has 3 nitrogen and oxygen atoms in total. The Kier molecular flexibility index (Phi) is 4.03. The monoisotopic (exact) mass is 311 g/mol. The Morgan fingerprint density at radius 2 is 2.06 bits per heavy atom. The van der Waals surface area contributed by atoms with Gasteiger partial charge in [0.25, 0.3) is 0 Å². The molecule has 0 heterocycles. The highest BCUT2D eigenvalue weighted by molar-refractivity contribution is 9.10. The van der Waals surface area contributed by atoms with E-state index in [2.05, 4.69) is 15.9 Å². The summed E-state index contributed by atoms with van der Waals surface area (Å²) in [7, 11) is 1.29. The number of anilines is 1. The number of benzene rings is 1. The summed E-state index contributed by atoms with van der Waals surface area (Å²) in [6.45, 7) is -1.09. The van der Waals surface area contributed by atoms with Crippen LogP contribution in [0.3, 0.4) is 0 Å². The van der Waals surface area contributed by atoms with Gasteiger partial charge in [-0.2, -0.15) is 13.2 Å². The van der Waals surface area contributed by atoms with Gasteiger partial charge in [0.1, 0.15) is 6.54 Å². The standard InChI is InChI=1S/C10H9BrF3NO2/c1-15(5-10(12,13)14)6-2-3-7(9(16)17)8(11)4-6/h2-4H,5H2,1H3,(H,16,17). The third-order valence-corrected chi connectivity index (χ3v) is 2.70. The zero-order valence-electron chi connectivity index (χ0n) is 8.75. The number of carbonyl (C=O) groups is 1. The quantitative estimate of drug-likeness (QED) is 0.932. The molecule has 0 aromatic heterocycles. The third-order valence-electron chi connectivity index (χ3n) is 2.04. The minimum absolute atomic E-state index is 0.00848. The van der Waals surface area contributed by atoms with Crippen molar-refractivity contribution in [2.45, 2.75) is 6.18 Å². The van der Waals surface area contributed by atoms with Crippen molar-refractivity contribution in [2.75, 3.05) is 18.5 Å². The lowest BCUT2D eigenvalue weighted by atomic mass is 10.2. The van der Waals surface area contributed by atoms with Crippen LogP contribution in [0.15, 0.2) is 22.7 Å². The average molecular weight is 312 g/mol. The molecule has 0 amide bonds. The van der Waals surface area contributed by atoms with Crippen LogP contribution in [0, 0.1) is 0 Å². The number of hydrogen-bond donors (Lipinski definition) is 1. The molecule has 0 unspecified atom stereocenters. The van der Waals surface area contributed by atoms with Crippen molar-refractivity contribution in [1.82, 2.24) is 0 Å². The Balaban J connectivity index is 2.94. The van der Waals surface area contributed by atoms with E-state index >= 15 is 0 Å². The first-order valence-electron chi connectivity index (χ1n) is 4.51. The highest BCUT2D eigenvalue weighted by atomic mass is 79.9. The first kappa shape index (κ1) is 13.8. The summed E-state index contributed by atoms with van der Waals surface area (Å²) in [6.07, 6.45) is -4.30. The average Bonchev–Trinajstić information content (AvgIpc) is 2.14. The maximum Gasteiger partial charge on any atom is 0.405 e. The van der Waals surface area contributed by atoms with Crippen molar-refractivity contribution >= 4 is 27.6 Å². The van der Waals surface area contributed by atoms with Crippen molar-refractivity contribution in [1.29, 1.82) is 0 Å². The second kappa shape index (κ2) is 4.95. The van der Waals surface area contributed by atoms with Gasteiger partial charge in [-0.25, -0.2) is 4.79 Å². The van der Waals surface area contributed by atoms with Crippen molar-refractivity contribution in [2.24, 2.45) is 0 Å². The van der Waals surface area contributed by atoms with Crippen LogP contribution >= 0.6 is 15.9 Å². The summed E-state index contributed by atoms with van der Waals surface area (Å²) in [4.78, 5) is 11.7. The van der Waals surface area contributed by atoms with Crippen molar-refractivity contribution in [3.05, 3.63) is 28.2 Å². The molecular weight excluding hydrogens is 303 g/mol. The Hall–Kier alpha value is -1.24. The van der Waals surface area contributed by atoms with E-state index in [0.717, 1.165) is 4.90 Å². The lowest BCUT2D eigenvalue weighted by Crippen LogP contribution is -2.30. The number of rotatable bonds is 3. The number of alkyl halides is 3. The van der Waals surface area contributed by atoms with E-state index in [0.29, 0.717) is 5.69 Å². The Morgan fingerprint density at radius 3 is 2.47 bits per heavy atom. The van der Waals surface area contributed by atoms with E-state index in [-0.39, 0.29) is 10.0 Å². The number of nitrogens with zero attached hydrogens (tertiary/aromatic N) is 1. The molecule has 0 aliphatic carbocycles. The fraction of sp³-hybridized carbons (Fsp3) is 0.300. The normalized spacial score (nSPS) is 11.4. The van der Waals surface area contributed by atoms with Crippen LogP contribution in [0.1, 0.15) is 10.4 Å². The maximum atomic E-state index is 12.2. The van der Waals surface area contributed by atoms with E-state index in [1.807, 2.05) is 0 Å². The molecule has 7 heteroatoms. The van der Waals surface area contributed by atoms with Crippen molar-refractivity contribution in [3.63, 3.8) is 0 Å². The lowest BCUT2D eigenvalue weighted by Gasteiger charge is -2.21. The Bertz CT molecular complexity index is 434. The van der Waals surface area contributed by atoms with Crippen LogP contribution in [0.25, 0.3) is 0 Å². The van der Waals surface area contributed by atoms with Crippen LogP contribution in [-0.4, -0.2) is 30.8 Å². The number of carboxylic acid groups (broad SMARTS) is 1. The minimum Gasteiger partial charge on any atom is -0.478 e. The predicted octanol–water partition coefficient (Wildman–Crippen LogP) is 3.15. The first-order chi connectivity index (χ1) is 7.70. The summed E-state index contributed by atoms with van der Waals surface area (Å²) in [5.41, 5.74) is 0.299. The minimum atomic E-state index is -4.30. The number of carboxylic acids is 1. The van der Waals surface area contributed by atoms with Gasteiger partial charge in [-0.05, 0) is 34.1 Å². The van der Waals surface area contributed by atoms with Gasteiger partial charge in [0.2, 0.25) is 0 Å². The van der Waals surface area contributed by atoms with E-state index in [4.69, 9.17) is 5.11 Å². The van der Waals surface area contributed by atoms with Crippen molar-refractivity contribution in [3.8, 4) is 0 Å². The molecular formula is C10H9BrF3NO2. The molecule has 0 radical (unpaired) electrons. The van der Waals surface area contributed by atoms with Gasteiger partial charge >= 0.3 is 12.1 Å². The Morgan fingerprint density at radius 1 is 1.47 bits per heavy atom. The predicted molar refractivity (Wildman–Crippen MR) is 60.4 cm³/mol. The molecule has 0 aliphatic heterocycles. The SMILES string of the molecule is CN(CC(F)(F)F)c1ccc(C(=O)O)c(Br)c1. The molecule has 1 aromatic carbocycles. The fourth-order valence-electron chi connectivity index (χ4n) is 1.28. The van der Waals surface area contributed by atoms with E-state index < -0.39 is 18.7 Å². The van der Waals surface area contributed by atoms with Gasteiger partial charge in [-0.1, -0.05) is 0 Å². The summed E-state index contributed by atoms with van der Waals surface area (Å²) in [5, 5.41) is 8.76.